The van der Waals surface area contributed by atoms with Gasteiger partial charge in [-0.05, 0) is 86.4 Å². The Morgan fingerprint density at radius 3 is 1.39 bits per heavy atom. The van der Waals surface area contributed by atoms with Crippen molar-refractivity contribution in [2.75, 3.05) is 48.4 Å². The van der Waals surface area contributed by atoms with Crippen LogP contribution < -0.4 is 32.3 Å². The zero-order valence-electron chi connectivity index (χ0n) is 52.2. The minimum atomic E-state index is -1.29. The van der Waals surface area contributed by atoms with Crippen LogP contribution >= 0.6 is 0 Å². The number of hydrogen-bond acceptors (Lipinski definition) is 12. The van der Waals surface area contributed by atoms with Crippen LogP contribution in [-0.4, -0.2) is 192 Å². The summed E-state index contributed by atoms with van der Waals surface area (Å²) in [5.41, 5.74) is 5.59. The summed E-state index contributed by atoms with van der Waals surface area (Å²) in [5, 5.41) is 13.2. The lowest BCUT2D eigenvalue weighted by molar-refractivity contribution is -0.150. The van der Waals surface area contributed by atoms with Crippen molar-refractivity contribution in [3.05, 3.63) is 0 Å². The second kappa shape index (κ2) is 33.2. The molecule has 0 bridgehead atoms. The number of urea groups is 1. The molecule has 80 heavy (non-hydrogen) atoms. The maximum Gasteiger partial charge on any atom is 0.324 e. The number of amides is 12. The minimum Gasteiger partial charge on any atom is -0.375 e. The van der Waals surface area contributed by atoms with Gasteiger partial charge in [-0.3, -0.25) is 53.3 Å². The van der Waals surface area contributed by atoms with E-state index < -0.39 is 132 Å². The van der Waals surface area contributed by atoms with Gasteiger partial charge in [-0.25, -0.2) is 4.79 Å². The van der Waals surface area contributed by atoms with Crippen LogP contribution in [0.1, 0.15) is 149 Å². The molecule has 1 saturated heterocycles. The van der Waals surface area contributed by atoms with Gasteiger partial charge in [0.05, 0.1) is 12.6 Å². The topological polar surface area (TPSA) is 299 Å². The zero-order chi connectivity index (χ0) is 62.0. The summed E-state index contributed by atoms with van der Waals surface area (Å²) in [7, 11) is 7.19. The molecule has 1 fully saturated rings. The Kier molecular flexibility index (Phi) is 29.9. The average Bonchev–Trinajstić information content (AvgIpc) is 3.77. The van der Waals surface area contributed by atoms with E-state index in [1.807, 2.05) is 76.2 Å². The van der Waals surface area contributed by atoms with Crippen molar-refractivity contribution in [2.24, 2.45) is 53.1 Å². The van der Waals surface area contributed by atoms with Crippen molar-refractivity contribution in [3.8, 4) is 0 Å². The van der Waals surface area contributed by atoms with E-state index in [1.54, 1.807) is 34.7 Å². The van der Waals surface area contributed by atoms with Crippen LogP contribution in [0.5, 0.6) is 0 Å². The van der Waals surface area contributed by atoms with E-state index in [9.17, 15) is 52.7 Å². The molecule has 10 atom stereocenters. The van der Waals surface area contributed by atoms with Crippen molar-refractivity contribution in [1.29, 1.82) is 0 Å². The maximum absolute atomic E-state index is 14.8. The second-order valence-corrected chi connectivity index (χ2v) is 24.8. The van der Waals surface area contributed by atoms with E-state index in [2.05, 4.69) is 26.6 Å². The molecule has 23 heteroatoms. The standard InChI is InChI=1S/C57H103N11O12/c1-30(2)24-39(49(58)71)64(17)44(70)29-59-53(75)45(35(11)12)61-54(76)47(48-37(15)22-23-80-48)68(21)56(78)46(36(13)14)62-52(74)41(26-32(5)6)66(19)55(77)42(27-33(7)8)67(20)57(79)63-50(72)38(16)60-51(73)40(25-31(3)4)65(18)43(69)28-34(9)10/h30-42,45-48H,22-29H2,1-21H3,(H2,58,71)(H,59,75)(H,60,73)(H,61,76)(H,62,74)(H,63,72,79)/t37-,38+,39+,40+,41+,42+,45+,46+,47+,48-/m1/s1. The molecular weight excluding hydrogens is 1030 g/mol. The van der Waals surface area contributed by atoms with E-state index in [1.165, 1.54) is 54.7 Å². The molecule has 0 aromatic heterocycles. The highest BCUT2D eigenvalue weighted by Gasteiger charge is 2.45. The van der Waals surface area contributed by atoms with E-state index in [4.69, 9.17) is 10.5 Å². The van der Waals surface area contributed by atoms with Crippen LogP contribution in [0.2, 0.25) is 0 Å². The molecule has 23 nitrogen and oxygen atoms in total. The average molecular weight is 1130 g/mol. The normalized spacial score (nSPS) is 17.4. The van der Waals surface area contributed by atoms with Gasteiger partial charge >= 0.3 is 6.03 Å². The van der Waals surface area contributed by atoms with Gasteiger partial charge in [-0.15, -0.1) is 0 Å². The fourth-order valence-corrected chi connectivity index (χ4v) is 9.56. The number of ether oxygens (including phenoxy) is 1. The molecular formula is C57H103N11O12. The lowest BCUT2D eigenvalue weighted by Crippen LogP contribution is -2.63. The lowest BCUT2D eigenvalue weighted by atomic mass is 9.93. The van der Waals surface area contributed by atoms with E-state index in [0.717, 1.165) is 4.90 Å². The lowest BCUT2D eigenvalue weighted by Gasteiger charge is -2.38. The Hall–Kier alpha value is -5.87. The number of rotatable bonds is 31. The molecule has 0 spiro atoms. The fourth-order valence-electron chi connectivity index (χ4n) is 9.56. The minimum absolute atomic E-state index is 0.0359. The van der Waals surface area contributed by atoms with E-state index in [-0.39, 0.29) is 60.7 Å². The molecule has 0 aromatic rings. The summed E-state index contributed by atoms with van der Waals surface area (Å²) in [4.78, 5) is 158. The number of likely N-dealkylation sites (N-methyl/N-ethyl adjacent to an activating group) is 5. The number of nitrogens with zero attached hydrogens (tertiary/aromatic N) is 5. The largest absolute Gasteiger partial charge is 0.375 e. The molecule has 12 amide bonds. The predicted octanol–water partition coefficient (Wildman–Crippen LogP) is 2.87. The first kappa shape index (κ1) is 72.1. The molecule has 0 aromatic carbocycles. The highest BCUT2D eigenvalue weighted by Crippen LogP contribution is 2.27. The molecule has 7 N–H and O–H groups in total. The van der Waals surface area contributed by atoms with Gasteiger partial charge in [0, 0.05) is 48.3 Å². The number of hydrogen-bond donors (Lipinski definition) is 6. The van der Waals surface area contributed by atoms with Crippen LogP contribution in [0.25, 0.3) is 0 Å². The van der Waals surface area contributed by atoms with E-state index >= 15 is 0 Å². The fraction of sp³-hybridized carbons (Fsp3) is 0.807. The first-order valence-electron chi connectivity index (χ1n) is 28.6. The first-order valence-corrected chi connectivity index (χ1v) is 28.6. The van der Waals surface area contributed by atoms with Gasteiger partial charge in [0.1, 0.15) is 48.3 Å². The first-order chi connectivity index (χ1) is 36.9. The Bertz CT molecular complexity index is 2130. The van der Waals surface area contributed by atoms with Crippen LogP contribution in [0.15, 0.2) is 0 Å². The number of nitrogens with two attached hydrogens (primary N) is 1. The summed E-state index contributed by atoms with van der Waals surface area (Å²) >= 11 is 0. The van der Waals surface area contributed by atoms with Crippen molar-refractivity contribution in [3.63, 3.8) is 0 Å². The third-order valence-corrected chi connectivity index (χ3v) is 14.6. The summed E-state index contributed by atoms with van der Waals surface area (Å²) < 4.78 is 6.08. The Balaban J connectivity index is 3.49. The Morgan fingerprint density at radius 2 is 0.938 bits per heavy atom. The molecule has 0 saturated carbocycles. The van der Waals surface area contributed by atoms with Crippen LogP contribution in [0.4, 0.5) is 4.79 Å². The smallest absolute Gasteiger partial charge is 0.324 e. The summed E-state index contributed by atoms with van der Waals surface area (Å²) in [6.45, 7) is 28.8. The van der Waals surface area contributed by atoms with Crippen molar-refractivity contribution in [2.45, 2.75) is 204 Å². The van der Waals surface area contributed by atoms with Gasteiger partial charge in [0.15, 0.2) is 0 Å². The monoisotopic (exact) mass is 1130 g/mol. The van der Waals surface area contributed by atoms with Crippen molar-refractivity contribution < 1.29 is 57.5 Å². The molecule has 1 rings (SSSR count). The Morgan fingerprint density at radius 1 is 0.487 bits per heavy atom. The maximum atomic E-state index is 14.8. The summed E-state index contributed by atoms with van der Waals surface area (Å²) in [6, 6.07) is -9.95. The van der Waals surface area contributed by atoms with Gasteiger partial charge in [-0.2, -0.15) is 0 Å². The van der Waals surface area contributed by atoms with Crippen LogP contribution in [0, 0.1) is 47.3 Å². The van der Waals surface area contributed by atoms with Crippen LogP contribution in [-0.2, 0) is 52.7 Å². The van der Waals surface area contributed by atoms with Crippen LogP contribution in [0.3, 0.4) is 0 Å². The molecule has 0 unspecified atom stereocenters. The highest BCUT2D eigenvalue weighted by molar-refractivity contribution is 6.01. The van der Waals surface area contributed by atoms with E-state index in [0.29, 0.717) is 25.9 Å². The van der Waals surface area contributed by atoms with Gasteiger partial charge < -0.3 is 56.2 Å². The third kappa shape index (κ3) is 21.9. The zero-order valence-corrected chi connectivity index (χ0v) is 52.2. The van der Waals surface area contributed by atoms with Crippen molar-refractivity contribution in [1.82, 2.24) is 51.1 Å². The number of nitrogens with one attached hydrogen (secondary N) is 5. The molecule has 458 valence electrons. The predicted molar refractivity (Wildman–Crippen MR) is 305 cm³/mol. The summed E-state index contributed by atoms with van der Waals surface area (Å²) in [5.74, 6) is -7.62. The van der Waals surface area contributed by atoms with Gasteiger partial charge in [0.25, 0.3) is 0 Å². The number of primary amides is 1. The molecule has 0 radical (unpaired) electrons. The third-order valence-electron chi connectivity index (χ3n) is 14.6. The number of carbonyl (C=O) groups excluding carboxylic acids is 11. The highest BCUT2D eigenvalue weighted by atomic mass is 16.5. The molecule has 1 heterocycles. The van der Waals surface area contributed by atoms with Gasteiger partial charge in [-0.1, -0.05) is 104 Å². The van der Waals surface area contributed by atoms with Crippen molar-refractivity contribution >= 4 is 65.1 Å². The number of imide groups is 1. The molecule has 1 aliphatic rings. The SMILES string of the molecule is CC(C)CC(=O)N(C)[C@@H](CC(C)C)C(=O)N[C@@H](C)C(=O)NC(=O)N(C)[C@@H](CC(C)C)C(=O)N(C)[C@@H](CC(C)C)C(=O)N[C@H](C(=O)N(C)[C@H](C(=O)N[C@H](C(=O)NCC(=O)N(C)[C@@H](CC(C)C)C(N)=O)C(C)C)[C@@H]1OCC[C@H]1C)C(C)C. The quantitative estimate of drug-likeness (QED) is 0.0584. The second-order valence-electron chi connectivity index (χ2n) is 24.8. The number of carbonyl (C=O) groups is 11. The van der Waals surface area contributed by atoms with Gasteiger partial charge in [0.2, 0.25) is 59.1 Å². The molecule has 0 aliphatic carbocycles. The summed E-state index contributed by atoms with van der Waals surface area (Å²) in [6.07, 6.45) is 0.922. The molecule has 1 aliphatic heterocycles. The Labute approximate surface area is 477 Å².